The molecular formula is C13H26N4O2S. The van der Waals surface area contributed by atoms with Gasteiger partial charge in [-0.1, -0.05) is 20.8 Å². The van der Waals surface area contributed by atoms with Crippen molar-refractivity contribution < 1.29 is 8.42 Å². The minimum Gasteiger partial charge on any atom is -0.314 e. The normalized spacial score (nSPS) is 12.2. The van der Waals surface area contributed by atoms with Crippen LogP contribution in [0.5, 0.6) is 0 Å². The number of aryl methyl sites for hydroxylation is 2. The maximum absolute atomic E-state index is 11.9. The molecule has 20 heavy (non-hydrogen) atoms. The van der Waals surface area contributed by atoms with Crippen LogP contribution in [0, 0.1) is 0 Å². The van der Waals surface area contributed by atoms with E-state index in [9.17, 15) is 8.42 Å². The van der Waals surface area contributed by atoms with Crippen molar-refractivity contribution in [3.63, 3.8) is 0 Å². The van der Waals surface area contributed by atoms with Crippen molar-refractivity contribution in [1.29, 1.82) is 0 Å². The van der Waals surface area contributed by atoms with E-state index in [1.807, 2.05) is 34.0 Å². The van der Waals surface area contributed by atoms with Crippen LogP contribution in [-0.4, -0.2) is 36.5 Å². The average molecular weight is 302 g/mol. The SMILES string of the molecule is CCc1nn(C)cc1CNS(=O)(=O)CCCNC(C)C. The second-order valence-electron chi connectivity index (χ2n) is 5.23. The molecule has 6 nitrogen and oxygen atoms in total. The Balaban J connectivity index is 2.42. The fourth-order valence-electron chi connectivity index (χ4n) is 1.94. The fourth-order valence-corrected chi connectivity index (χ4v) is 2.99. The van der Waals surface area contributed by atoms with Crippen LogP contribution in [-0.2, 0) is 30.0 Å². The Bertz CT molecular complexity index is 508. The monoisotopic (exact) mass is 302 g/mol. The number of rotatable bonds is 9. The molecule has 0 amide bonds. The summed E-state index contributed by atoms with van der Waals surface area (Å²) in [6, 6.07) is 0.383. The number of hydrogen-bond donors (Lipinski definition) is 2. The summed E-state index contributed by atoms with van der Waals surface area (Å²) >= 11 is 0. The third-order valence-electron chi connectivity index (χ3n) is 2.95. The molecule has 1 heterocycles. The van der Waals surface area contributed by atoms with Gasteiger partial charge < -0.3 is 5.32 Å². The van der Waals surface area contributed by atoms with E-state index in [0.29, 0.717) is 25.6 Å². The van der Waals surface area contributed by atoms with E-state index in [-0.39, 0.29) is 5.75 Å². The van der Waals surface area contributed by atoms with Crippen molar-refractivity contribution >= 4 is 10.0 Å². The summed E-state index contributed by atoms with van der Waals surface area (Å²) in [7, 11) is -1.38. The number of nitrogens with one attached hydrogen (secondary N) is 2. The molecule has 0 fully saturated rings. The van der Waals surface area contributed by atoms with E-state index >= 15 is 0 Å². The molecule has 0 bridgehead atoms. The maximum atomic E-state index is 11.9. The highest BCUT2D eigenvalue weighted by Gasteiger charge is 2.12. The standard InChI is InChI=1S/C13H26N4O2S/c1-5-13-12(10-17(4)16-13)9-15-20(18,19)8-6-7-14-11(2)3/h10-11,14-15H,5-9H2,1-4H3. The molecule has 0 aromatic carbocycles. The molecule has 0 saturated carbocycles. The van der Waals surface area contributed by atoms with Crippen LogP contribution in [0.25, 0.3) is 0 Å². The summed E-state index contributed by atoms with van der Waals surface area (Å²) in [5.74, 6) is 0.147. The molecule has 2 N–H and O–H groups in total. The lowest BCUT2D eigenvalue weighted by molar-refractivity contribution is 0.560. The van der Waals surface area contributed by atoms with Gasteiger partial charge in [0.25, 0.3) is 0 Å². The molecular weight excluding hydrogens is 276 g/mol. The maximum Gasteiger partial charge on any atom is 0.211 e. The molecule has 0 aliphatic carbocycles. The summed E-state index contributed by atoms with van der Waals surface area (Å²) in [6.07, 6.45) is 3.28. The summed E-state index contributed by atoms with van der Waals surface area (Å²) in [4.78, 5) is 0. The van der Waals surface area contributed by atoms with Crippen molar-refractivity contribution in [3.05, 3.63) is 17.5 Å². The third-order valence-corrected chi connectivity index (χ3v) is 4.36. The van der Waals surface area contributed by atoms with Gasteiger partial charge in [-0.25, -0.2) is 13.1 Å². The van der Waals surface area contributed by atoms with Crippen LogP contribution in [0.15, 0.2) is 6.20 Å². The Labute approximate surface area is 122 Å². The molecule has 7 heteroatoms. The molecule has 0 radical (unpaired) electrons. The zero-order chi connectivity index (χ0) is 15.2. The number of nitrogens with zero attached hydrogens (tertiary/aromatic N) is 2. The van der Waals surface area contributed by atoms with E-state index in [1.165, 1.54) is 0 Å². The predicted molar refractivity (Wildman–Crippen MR) is 81.0 cm³/mol. The van der Waals surface area contributed by atoms with Crippen molar-refractivity contribution in [2.75, 3.05) is 12.3 Å². The Kier molecular flexibility index (Phi) is 6.64. The predicted octanol–water partition coefficient (Wildman–Crippen LogP) is 0.790. The van der Waals surface area contributed by atoms with Gasteiger partial charge in [0.2, 0.25) is 10.0 Å². The van der Waals surface area contributed by atoms with Gasteiger partial charge in [-0.05, 0) is 19.4 Å². The van der Waals surface area contributed by atoms with Crippen LogP contribution in [0.3, 0.4) is 0 Å². The Hall–Kier alpha value is -0.920. The van der Waals surface area contributed by atoms with E-state index in [0.717, 1.165) is 17.7 Å². The molecule has 0 aliphatic rings. The largest absolute Gasteiger partial charge is 0.314 e. The fraction of sp³-hybridized carbons (Fsp3) is 0.769. The lowest BCUT2D eigenvalue weighted by atomic mass is 10.2. The van der Waals surface area contributed by atoms with Crippen LogP contribution in [0.1, 0.15) is 38.4 Å². The number of sulfonamides is 1. The molecule has 1 aromatic rings. The van der Waals surface area contributed by atoms with E-state index in [4.69, 9.17) is 0 Å². The quantitative estimate of drug-likeness (QED) is 0.661. The highest BCUT2D eigenvalue weighted by Crippen LogP contribution is 2.07. The highest BCUT2D eigenvalue weighted by atomic mass is 32.2. The second kappa shape index (κ2) is 7.75. The highest BCUT2D eigenvalue weighted by molar-refractivity contribution is 7.89. The summed E-state index contributed by atoms with van der Waals surface area (Å²) in [6.45, 7) is 7.13. The molecule has 0 aliphatic heterocycles. The van der Waals surface area contributed by atoms with Crippen LogP contribution in [0.4, 0.5) is 0 Å². The number of aromatic nitrogens is 2. The minimum absolute atomic E-state index is 0.147. The third kappa shape index (κ3) is 6.02. The van der Waals surface area contributed by atoms with E-state index in [1.54, 1.807) is 4.68 Å². The van der Waals surface area contributed by atoms with Crippen LogP contribution >= 0.6 is 0 Å². The van der Waals surface area contributed by atoms with Crippen LogP contribution < -0.4 is 10.0 Å². The molecule has 0 unspecified atom stereocenters. The van der Waals surface area contributed by atoms with Crippen LogP contribution in [0.2, 0.25) is 0 Å². The Morgan fingerprint density at radius 1 is 1.40 bits per heavy atom. The van der Waals surface area contributed by atoms with Gasteiger partial charge in [-0.3, -0.25) is 4.68 Å². The zero-order valence-corrected chi connectivity index (χ0v) is 13.6. The minimum atomic E-state index is -3.22. The molecule has 1 aromatic heterocycles. The van der Waals surface area contributed by atoms with Gasteiger partial charge in [-0.15, -0.1) is 0 Å². The average Bonchev–Trinajstić information content (AvgIpc) is 2.73. The van der Waals surface area contributed by atoms with Gasteiger partial charge in [-0.2, -0.15) is 5.10 Å². The summed E-state index contributed by atoms with van der Waals surface area (Å²) in [5, 5.41) is 7.50. The first-order chi connectivity index (χ1) is 9.34. The van der Waals surface area contributed by atoms with Crippen molar-refractivity contribution in [1.82, 2.24) is 19.8 Å². The zero-order valence-electron chi connectivity index (χ0n) is 12.8. The first kappa shape index (κ1) is 17.1. The lowest BCUT2D eigenvalue weighted by Crippen LogP contribution is -2.30. The van der Waals surface area contributed by atoms with Gasteiger partial charge in [0.15, 0.2) is 0 Å². The molecule has 0 saturated heterocycles. The molecule has 0 atom stereocenters. The summed E-state index contributed by atoms with van der Waals surface area (Å²) < 4.78 is 28.1. The topological polar surface area (TPSA) is 76.0 Å². The van der Waals surface area contributed by atoms with Crippen molar-refractivity contribution in [3.8, 4) is 0 Å². The first-order valence-electron chi connectivity index (χ1n) is 7.06. The summed E-state index contributed by atoms with van der Waals surface area (Å²) in [5.41, 5.74) is 1.88. The Morgan fingerprint density at radius 2 is 2.10 bits per heavy atom. The van der Waals surface area contributed by atoms with Gasteiger partial charge in [0.1, 0.15) is 0 Å². The van der Waals surface area contributed by atoms with Crippen molar-refractivity contribution in [2.24, 2.45) is 7.05 Å². The van der Waals surface area contributed by atoms with Gasteiger partial charge in [0.05, 0.1) is 11.4 Å². The van der Waals surface area contributed by atoms with E-state index in [2.05, 4.69) is 15.1 Å². The number of hydrogen-bond acceptors (Lipinski definition) is 4. The van der Waals surface area contributed by atoms with Gasteiger partial charge in [0, 0.05) is 31.4 Å². The smallest absolute Gasteiger partial charge is 0.211 e. The lowest BCUT2D eigenvalue weighted by Gasteiger charge is -2.09. The first-order valence-corrected chi connectivity index (χ1v) is 8.71. The van der Waals surface area contributed by atoms with Crippen molar-refractivity contribution in [2.45, 2.75) is 46.2 Å². The molecule has 116 valence electrons. The van der Waals surface area contributed by atoms with E-state index < -0.39 is 10.0 Å². The second-order valence-corrected chi connectivity index (χ2v) is 7.16. The Morgan fingerprint density at radius 3 is 2.70 bits per heavy atom. The van der Waals surface area contributed by atoms with Gasteiger partial charge >= 0.3 is 0 Å². The molecule has 0 spiro atoms. The molecule has 1 rings (SSSR count).